The molecule has 0 aromatic rings. The van der Waals surface area contributed by atoms with Gasteiger partial charge in [-0.1, -0.05) is 12.8 Å². The summed E-state index contributed by atoms with van der Waals surface area (Å²) in [6.07, 6.45) is 3.74. The summed E-state index contributed by atoms with van der Waals surface area (Å²) in [5, 5.41) is 11.8. The van der Waals surface area contributed by atoms with E-state index in [2.05, 4.69) is 5.32 Å². The van der Waals surface area contributed by atoms with Crippen molar-refractivity contribution in [2.24, 2.45) is 5.92 Å². The smallest absolute Gasteiger partial charge is 0.326 e. The van der Waals surface area contributed by atoms with Gasteiger partial charge in [-0.05, 0) is 24.5 Å². The molecular formula is C12H20N2O3S. The topological polar surface area (TPSA) is 69.6 Å². The van der Waals surface area contributed by atoms with Gasteiger partial charge in [0.2, 0.25) is 0 Å². The van der Waals surface area contributed by atoms with Crippen molar-refractivity contribution in [1.29, 1.82) is 0 Å². The number of carboxylic acid groups (broad SMARTS) is 1. The molecule has 1 saturated heterocycles. The molecular weight excluding hydrogens is 252 g/mol. The molecule has 1 saturated carbocycles. The van der Waals surface area contributed by atoms with Crippen molar-refractivity contribution < 1.29 is 14.7 Å². The molecule has 2 amide bonds. The second-order valence-corrected chi connectivity index (χ2v) is 6.30. The van der Waals surface area contributed by atoms with Crippen LogP contribution < -0.4 is 5.32 Å². The molecule has 2 unspecified atom stereocenters. The second kappa shape index (κ2) is 5.82. The molecule has 0 bridgehead atoms. The molecule has 5 nitrogen and oxygen atoms in total. The molecule has 2 aliphatic rings. The van der Waals surface area contributed by atoms with Crippen LogP contribution in [0, 0.1) is 5.92 Å². The van der Waals surface area contributed by atoms with Crippen LogP contribution >= 0.6 is 11.8 Å². The monoisotopic (exact) mass is 272 g/mol. The van der Waals surface area contributed by atoms with Gasteiger partial charge in [-0.25, -0.2) is 9.59 Å². The minimum atomic E-state index is -0.926. The zero-order chi connectivity index (χ0) is 13.1. The third kappa shape index (κ3) is 3.54. The van der Waals surface area contributed by atoms with Gasteiger partial charge in [0.05, 0.1) is 0 Å². The lowest BCUT2D eigenvalue weighted by Gasteiger charge is -2.26. The average Bonchev–Trinajstić information content (AvgIpc) is 2.98. The molecule has 0 aromatic heterocycles. The molecule has 1 aliphatic carbocycles. The minimum absolute atomic E-state index is 0.241. The van der Waals surface area contributed by atoms with Crippen LogP contribution in [0.25, 0.3) is 0 Å². The number of carboxylic acids is 1. The maximum atomic E-state index is 12.0. The molecule has 2 atom stereocenters. The fourth-order valence-corrected chi connectivity index (χ4v) is 3.42. The Kier molecular flexibility index (Phi) is 4.37. The number of urea groups is 1. The number of rotatable bonds is 5. The van der Waals surface area contributed by atoms with E-state index in [9.17, 15) is 9.59 Å². The van der Waals surface area contributed by atoms with E-state index in [0.29, 0.717) is 12.3 Å². The Morgan fingerprint density at radius 3 is 2.67 bits per heavy atom. The number of nitrogens with zero attached hydrogens (tertiary/aromatic N) is 1. The first-order valence-electron chi connectivity index (χ1n) is 6.42. The van der Waals surface area contributed by atoms with Gasteiger partial charge in [0.25, 0.3) is 0 Å². The predicted octanol–water partition coefficient (Wildman–Crippen LogP) is 1.39. The van der Waals surface area contributed by atoms with Gasteiger partial charge in [0.15, 0.2) is 0 Å². The number of amides is 2. The molecule has 2 fully saturated rings. The van der Waals surface area contributed by atoms with Crippen LogP contribution in [0.2, 0.25) is 0 Å². The lowest BCUT2D eigenvalue weighted by Crippen LogP contribution is -2.50. The number of hydrogen-bond acceptors (Lipinski definition) is 3. The molecule has 102 valence electrons. The van der Waals surface area contributed by atoms with Crippen LogP contribution in [-0.2, 0) is 4.79 Å². The summed E-state index contributed by atoms with van der Waals surface area (Å²) in [5.74, 6) is 1.58. The van der Waals surface area contributed by atoms with E-state index in [1.54, 1.807) is 11.9 Å². The summed E-state index contributed by atoms with van der Waals surface area (Å²) in [7, 11) is 1.75. The van der Waals surface area contributed by atoms with Crippen molar-refractivity contribution in [1.82, 2.24) is 10.2 Å². The zero-order valence-corrected chi connectivity index (χ0v) is 11.4. The number of carbonyl (C=O) groups excluding carboxylic acids is 1. The normalized spacial score (nSPS) is 24.6. The number of nitrogens with one attached hydrogen (secondary N) is 1. The van der Waals surface area contributed by atoms with Crippen LogP contribution in [0.4, 0.5) is 4.79 Å². The average molecular weight is 272 g/mol. The fourth-order valence-electron chi connectivity index (χ4n) is 2.15. The Bertz CT molecular complexity index is 327. The number of hydrogen-bond donors (Lipinski definition) is 2. The minimum Gasteiger partial charge on any atom is -0.480 e. The first-order chi connectivity index (χ1) is 8.58. The number of aliphatic carboxylic acids is 1. The third-order valence-corrected chi connectivity index (χ3v) is 4.78. The highest BCUT2D eigenvalue weighted by molar-refractivity contribution is 7.99. The molecule has 1 aliphatic heterocycles. The van der Waals surface area contributed by atoms with Crippen molar-refractivity contribution in [2.45, 2.75) is 37.8 Å². The van der Waals surface area contributed by atoms with Crippen molar-refractivity contribution >= 4 is 23.8 Å². The third-order valence-electron chi connectivity index (χ3n) is 3.64. The summed E-state index contributed by atoms with van der Waals surface area (Å²) >= 11 is 1.84. The fraction of sp³-hybridized carbons (Fsp3) is 0.833. The molecule has 0 aromatic carbocycles. The van der Waals surface area contributed by atoms with Crippen molar-refractivity contribution in [2.75, 3.05) is 18.6 Å². The van der Waals surface area contributed by atoms with Crippen LogP contribution in [0.1, 0.15) is 25.7 Å². The Balaban J connectivity index is 1.84. The van der Waals surface area contributed by atoms with Crippen LogP contribution in [0.5, 0.6) is 0 Å². The van der Waals surface area contributed by atoms with E-state index in [4.69, 9.17) is 5.11 Å². The number of thioether (sulfide) groups is 1. The molecule has 1 heterocycles. The highest BCUT2D eigenvalue weighted by Crippen LogP contribution is 2.33. The van der Waals surface area contributed by atoms with E-state index in [-0.39, 0.29) is 12.1 Å². The first kappa shape index (κ1) is 13.5. The van der Waals surface area contributed by atoms with Gasteiger partial charge in [-0.2, -0.15) is 11.8 Å². The highest BCUT2D eigenvalue weighted by atomic mass is 32.2. The lowest BCUT2D eigenvalue weighted by molar-refractivity contribution is -0.139. The molecule has 2 rings (SSSR count). The largest absolute Gasteiger partial charge is 0.480 e. The quantitative estimate of drug-likeness (QED) is 0.793. The van der Waals surface area contributed by atoms with Gasteiger partial charge in [0, 0.05) is 18.8 Å². The standard InChI is InChI=1S/C12H20N2O3S/c1-14(9-4-5-18-7-9)12(17)13-10(11(15)16)6-8-2-3-8/h8-10H,2-7H2,1H3,(H,13,17)(H,15,16). The molecule has 18 heavy (non-hydrogen) atoms. The van der Waals surface area contributed by atoms with E-state index >= 15 is 0 Å². The van der Waals surface area contributed by atoms with Gasteiger partial charge >= 0.3 is 12.0 Å². The Labute approximate surface area is 111 Å². The first-order valence-corrected chi connectivity index (χ1v) is 7.57. The summed E-state index contributed by atoms with van der Waals surface area (Å²) in [5.41, 5.74) is 0. The van der Waals surface area contributed by atoms with Crippen LogP contribution in [-0.4, -0.2) is 52.6 Å². The molecule has 6 heteroatoms. The number of carbonyl (C=O) groups is 2. The van der Waals surface area contributed by atoms with Crippen molar-refractivity contribution in [3.8, 4) is 0 Å². The maximum absolute atomic E-state index is 12.0. The Morgan fingerprint density at radius 2 is 2.17 bits per heavy atom. The Morgan fingerprint density at radius 1 is 1.44 bits per heavy atom. The predicted molar refractivity (Wildman–Crippen MR) is 70.8 cm³/mol. The lowest BCUT2D eigenvalue weighted by atomic mass is 10.1. The van der Waals surface area contributed by atoms with Crippen molar-refractivity contribution in [3.05, 3.63) is 0 Å². The van der Waals surface area contributed by atoms with E-state index in [1.165, 1.54) is 0 Å². The highest BCUT2D eigenvalue weighted by Gasteiger charge is 2.32. The van der Waals surface area contributed by atoms with Crippen LogP contribution in [0.15, 0.2) is 0 Å². The summed E-state index contributed by atoms with van der Waals surface area (Å²) in [6.45, 7) is 0. The van der Waals surface area contributed by atoms with Gasteiger partial charge in [-0.3, -0.25) is 0 Å². The van der Waals surface area contributed by atoms with Gasteiger partial charge in [-0.15, -0.1) is 0 Å². The molecule has 0 radical (unpaired) electrons. The van der Waals surface area contributed by atoms with E-state index in [0.717, 1.165) is 30.8 Å². The SMILES string of the molecule is CN(C(=O)NC(CC1CC1)C(=O)O)C1CCSC1. The van der Waals surface area contributed by atoms with Crippen LogP contribution in [0.3, 0.4) is 0 Å². The summed E-state index contributed by atoms with van der Waals surface area (Å²) < 4.78 is 0. The Hall–Kier alpha value is -0.910. The van der Waals surface area contributed by atoms with E-state index in [1.807, 2.05) is 11.8 Å². The molecule has 2 N–H and O–H groups in total. The summed E-state index contributed by atoms with van der Waals surface area (Å²) in [6, 6.07) is -0.748. The maximum Gasteiger partial charge on any atom is 0.326 e. The zero-order valence-electron chi connectivity index (χ0n) is 10.6. The molecule has 0 spiro atoms. The van der Waals surface area contributed by atoms with Gasteiger partial charge in [0.1, 0.15) is 6.04 Å². The second-order valence-electron chi connectivity index (χ2n) is 5.15. The summed E-state index contributed by atoms with van der Waals surface area (Å²) in [4.78, 5) is 24.7. The van der Waals surface area contributed by atoms with Crippen molar-refractivity contribution in [3.63, 3.8) is 0 Å². The van der Waals surface area contributed by atoms with E-state index < -0.39 is 12.0 Å². The van der Waals surface area contributed by atoms with Gasteiger partial charge < -0.3 is 15.3 Å².